The fourth-order valence-corrected chi connectivity index (χ4v) is 15.9. The lowest BCUT2D eigenvalue weighted by molar-refractivity contribution is -0.145. The van der Waals surface area contributed by atoms with E-state index in [9.17, 15) is 28.8 Å². The lowest BCUT2D eigenvalue weighted by Crippen LogP contribution is -2.30. The number of nitrogens with one attached hydrogen (secondary N) is 2. The molecule has 0 amide bonds. The number of nitrogens with zero attached hydrogens (tertiary/aromatic N) is 4. The zero-order valence-electron chi connectivity index (χ0n) is 72.3. The second-order valence-electron chi connectivity index (χ2n) is 31.0. The van der Waals surface area contributed by atoms with Crippen LogP contribution >= 0.6 is 22.7 Å². The first-order valence-corrected chi connectivity index (χ1v) is 45.8. The lowest BCUT2D eigenvalue weighted by atomic mass is 9.82. The van der Waals surface area contributed by atoms with E-state index in [4.69, 9.17) is 42.6 Å². The Balaban J connectivity index is 0.000000242. The third-order valence-corrected chi connectivity index (χ3v) is 23.3. The zero-order valence-corrected chi connectivity index (χ0v) is 73.9. The molecule has 12 rings (SSSR count). The van der Waals surface area contributed by atoms with Crippen LogP contribution in [0.1, 0.15) is 215 Å². The molecule has 0 radical (unpaired) electrons. The highest BCUT2D eigenvalue weighted by Crippen LogP contribution is 2.37. The molecule has 2 N–H and O–H groups in total. The summed E-state index contributed by atoms with van der Waals surface area (Å²) in [5, 5.41) is 10.1. The van der Waals surface area contributed by atoms with Gasteiger partial charge in [-0.2, -0.15) is 10.2 Å². The Hall–Kier alpha value is -12.1. The summed E-state index contributed by atoms with van der Waals surface area (Å²) in [6.07, 6.45) is 32.4. The average molecular weight is 1730 g/mol. The smallest absolute Gasteiger partial charge is 0.343 e. The number of rotatable bonds is 46. The largest absolute Gasteiger partial charge is 0.494 e. The molecule has 0 spiro atoms. The van der Waals surface area contributed by atoms with Gasteiger partial charge in [-0.15, -0.1) is 0 Å². The normalized spacial score (nSPS) is 14.7. The molecule has 21 nitrogen and oxygen atoms in total. The lowest BCUT2D eigenvalue weighted by Gasteiger charge is -2.26. The highest BCUT2D eigenvalue weighted by atomic mass is 32.1. The Kier molecular flexibility index (Phi) is 40.5. The number of carbonyl (C=O) groups excluding carboxylic acids is 6. The van der Waals surface area contributed by atoms with E-state index >= 15 is 0 Å². The van der Waals surface area contributed by atoms with Crippen molar-refractivity contribution in [2.75, 3.05) is 37.3 Å². The number of benzene rings is 8. The summed E-state index contributed by atoms with van der Waals surface area (Å²) in [5.41, 5.74) is 12.7. The molecule has 2 aliphatic carbocycles. The Morgan fingerprint density at radius 1 is 0.408 bits per heavy atom. The Morgan fingerprint density at radius 2 is 0.824 bits per heavy atom. The number of hydrogen-bond donors (Lipinski definition) is 2. The molecule has 0 saturated heterocycles. The Bertz CT molecular complexity index is 5040. The van der Waals surface area contributed by atoms with Crippen LogP contribution in [0.25, 0.3) is 31.6 Å². The first-order chi connectivity index (χ1) is 61.1. The second-order valence-corrected chi connectivity index (χ2v) is 33.0. The Morgan fingerprint density at radius 3 is 1.33 bits per heavy atom. The highest BCUT2D eigenvalue weighted by molar-refractivity contribution is 7.22. The van der Waals surface area contributed by atoms with E-state index in [0.29, 0.717) is 134 Å². The number of allylic oxidation sites excluding steroid dienone is 1. The molecule has 0 unspecified atom stereocenters. The van der Waals surface area contributed by atoms with E-state index in [0.717, 1.165) is 101 Å². The number of hydrazone groups is 2. The summed E-state index contributed by atoms with van der Waals surface area (Å²) in [7, 11) is 0. The monoisotopic (exact) mass is 1730 g/mol. The maximum absolute atomic E-state index is 13.5. The summed E-state index contributed by atoms with van der Waals surface area (Å²) in [6, 6.07) is 57.4. The minimum atomic E-state index is -0.467. The number of carbonyl (C=O) groups is 6. The molecule has 658 valence electrons. The number of aryl methyl sites for hydroxylation is 1. The minimum Gasteiger partial charge on any atom is -0.494 e. The van der Waals surface area contributed by atoms with Crippen molar-refractivity contribution in [3.05, 3.63) is 248 Å². The van der Waals surface area contributed by atoms with Crippen molar-refractivity contribution in [2.24, 2.45) is 33.9 Å². The van der Waals surface area contributed by atoms with Gasteiger partial charge in [-0.25, -0.2) is 19.6 Å². The van der Waals surface area contributed by atoms with E-state index in [1.165, 1.54) is 98.3 Å². The standard InChI is InChI=1S/C52H55N3O10S.C39H39N3O5S.C11H24/c1-3-35(2)60-31-11-4-5-12-32-61-41-25-27-43(28-26-41)63-49(57)37-17-19-38(20-18-37)50(58)64-44-29-30-46(40(33-44)34-53-55-52-54-45-15-9-10-16-47(45)66-52)65-51(59)39-23-21-36(22-24-39)48(56)62-42-13-7-6-8-14-42;1-3-11-28-14-16-29(17-15-28)34-23-22-33(26-31(34)27-40-42-39-41-35-12-7-8-13-36(35)48-39)47-38(44)30-18-20-32(21-19-30)45-24-9-5-6-10-25-46-37(43)4-2;1-3-5-7-9-11-10-8-6-4-2/h3,6-10,13-16,25-30,33-34,36-39H,1-2,4-5,11-12,17-24,31-32H2,(H,54,55);4,7-8,12-23,26-27H,2-3,5-6,9-11,24-25H2,1H3,(H,41,42);3-11H2,1-2H3/b53-34+;40-27+;. The minimum absolute atomic E-state index is 0.238. The van der Waals surface area contributed by atoms with Gasteiger partial charge in [-0.3, -0.25) is 30.0 Å². The van der Waals surface area contributed by atoms with Gasteiger partial charge in [0.25, 0.3) is 0 Å². The molecule has 2 fully saturated rings. The molecule has 0 atom stereocenters. The number of ether oxygens (including phenoxy) is 9. The van der Waals surface area contributed by atoms with Crippen LogP contribution in [0.2, 0.25) is 0 Å². The molecule has 0 bridgehead atoms. The zero-order chi connectivity index (χ0) is 88.0. The van der Waals surface area contributed by atoms with Crippen LogP contribution in [0, 0.1) is 23.7 Å². The van der Waals surface area contributed by atoms with Crippen LogP contribution in [0.3, 0.4) is 0 Å². The maximum atomic E-state index is 13.5. The number of esters is 6. The predicted molar refractivity (Wildman–Crippen MR) is 499 cm³/mol. The second kappa shape index (κ2) is 53.2. The molecule has 8 aromatic carbocycles. The summed E-state index contributed by atoms with van der Waals surface area (Å²) < 4.78 is 53.0. The fraction of sp³-hybridized carbons (Fsp3) is 0.373. The SMILES string of the molecule is C=CC(=C)OCCCCCCOc1ccc(OC(=O)C2CCC(C(=O)Oc3ccc(OC(=O)C4CCC(C(=O)Oc5ccccc5)CC4)c(/C=N/Nc4nc5ccccc5s4)c3)CC2)cc1.C=CC(=O)OCCCCCCOc1ccc(C(=O)Oc2ccc(-c3ccc(CCC)cc3)c(/C=N/Nc3nc4ccccc4s3)c2)cc1.CCCCCCCCCCC. The van der Waals surface area contributed by atoms with Crippen LogP contribution in [0.15, 0.2) is 236 Å². The summed E-state index contributed by atoms with van der Waals surface area (Å²) in [6.45, 7) is 19.6. The number of fused-ring (bicyclic) bond motifs is 2. The average Bonchev–Trinajstić information content (AvgIpc) is 1.16. The summed E-state index contributed by atoms with van der Waals surface area (Å²) in [4.78, 5) is 86.1. The Labute approximate surface area is 743 Å². The molecule has 2 aromatic heterocycles. The van der Waals surface area contributed by atoms with Crippen molar-refractivity contribution in [3.63, 3.8) is 0 Å². The number of thiazole rings is 2. The number of aromatic nitrogens is 2. The maximum Gasteiger partial charge on any atom is 0.343 e. The van der Waals surface area contributed by atoms with Gasteiger partial charge >= 0.3 is 35.8 Å². The van der Waals surface area contributed by atoms with E-state index in [-0.39, 0.29) is 35.3 Å². The molecule has 0 aliphatic heterocycles. The molecule has 10 aromatic rings. The summed E-state index contributed by atoms with van der Waals surface area (Å²) in [5.74, 6) is 0.0145. The predicted octanol–water partition coefficient (Wildman–Crippen LogP) is 24.8. The van der Waals surface area contributed by atoms with E-state index in [1.54, 1.807) is 109 Å². The highest BCUT2D eigenvalue weighted by Gasteiger charge is 2.35. The number of para-hydroxylation sites is 3. The first kappa shape index (κ1) is 95.2. The van der Waals surface area contributed by atoms with Crippen LogP contribution in [-0.4, -0.2) is 84.6 Å². The molecule has 23 heteroatoms. The van der Waals surface area contributed by atoms with Crippen LogP contribution in [0.4, 0.5) is 10.3 Å². The van der Waals surface area contributed by atoms with E-state index in [1.807, 2.05) is 66.7 Å². The number of anilines is 2. The molecular formula is C102H118N6O15S2. The topological polar surface area (TPSA) is 260 Å². The van der Waals surface area contributed by atoms with Gasteiger partial charge in [0.05, 0.1) is 88.5 Å². The van der Waals surface area contributed by atoms with Crippen molar-refractivity contribution < 1.29 is 71.4 Å². The van der Waals surface area contributed by atoms with Crippen molar-refractivity contribution >= 4 is 102 Å². The van der Waals surface area contributed by atoms with Crippen molar-refractivity contribution in [3.8, 4) is 51.4 Å². The van der Waals surface area contributed by atoms with Gasteiger partial charge in [0.1, 0.15) is 46.0 Å². The van der Waals surface area contributed by atoms with Gasteiger partial charge in [-0.1, -0.05) is 200 Å². The van der Waals surface area contributed by atoms with Gasteiger partial charge in [-0.05, 0) is 247 Å². The van der Waals surface area contributed by atoms with Gasteiger partial charge in [0, 0.05) is 17.2 Å². The molecule has 2 saturated carbocycles. The van der Waals surface area contributed by atoms with E-state index in [2.05, 4.69) is 95.8 Å². The number of unbranched alkanes of at least 4 members (excludes halogenated alkanes) is 14. The van der Waals surface area contributed by atoms with Crippen molar-refractivity contribution in [1.82, 2.24) is 9.97 Å². The molecule has 125 heavy (non-hydrogen) atoms. The van der Waals surface area contributed by atoms with Gasteiger partial charge in [0.15, 0.2) is 0 Å². The van der Waals surface area contributed by atoms with E-state index < -0.39 is 35.7 Å². The number of hydrogen-bond acceptors (Lipinski definition) is 23. The summed E-state index contributed by atoms with van der Waals surface area (Å²) >= 11 is 2.97. The third kappa shape index (κ3) is 32.8. The van der Waals surface area contributed by atoms with Crippen LogP contribution in [0.5, 0.6) is 40.2 Å². The van der Waals surface area contributed by atoms with Crippen molar-refractivity contribution in [1.29, 1.82) is 0 Å². The first-order valence-electron chi connectivity index (χ1n) is 44.1. The third-order valence-electron chi connectivity index (χ3n) is 21.4. The van der Waals surface area contributed by atoms with Crippen molar-refractivity contribution in [2.45, 2.75) is 194 Å². The molecule has 2 heterocycles. The van der Waals surface area contributed by atoms with Crippen LogP contribution < -0.4 is 44.0 Å². The van der Waals surface area contributed by atoms with Gasteiger partial charge in [0.2, 0.25) is 10.3 Å². The fourth-order valence-electron chi connectivity index (χ4n) is 14.3. The quantitative estimate of drug-likeness (QED) is 0.00525. The molecular weight excluding hydrogens is 1610 g/mol. The van der Waals surface area contributed by atoms with Crippen LogP contribution in [-0.2, 0) is 39.9 Å². The van der Waals surface area contributed by atoms with Gasteiger partial charge < -0.3 is 42.6 Å². The molecule has 2 aliphatic rings.